The zero-order valence-corrected chi connectivity index (χ0v) is 12.3. The van der Waals surface area contributed by atoms with Crippen LogP contribution in [0.5, 0.6) is 0 Å². The SMILES string of the molecule is Cc1ccc(C)c(N(C)c2ncnc3c2CNCC3)c1. The number of aromatic nitrogens is 2. The van der Waals surface area contributed by atoms with Crippen molar-refractivity contribution >= 4 is 11.5 Å². The third-order valence-corrected chi connectivity index (χ3v) is 3.90. The maximum Gasteiger partial charge on any atom is 0.140 e. The first-order valence-corrected chi connectivity index (χ1v) is 7.01. The highest BCUT2D eigenvalue weighted by Gasteiger charge is 2.19. The van der Waals surface area contributed by atoms with Gasteiger partial charge >= 0.3 is 0 Å². The summed E-state index contributed by atoms with van der Waals surface area (Å²) in [7, 11) is 2.08. The van der Waals surface area contributed by atoms with E-state index in [0.29, 0.717) is 0 Å². The highest BCUT2D eigenvalue weighted by Crippen LogP contribution is 2.30. The lowest BCUT2D eigenvalue weighted by Gasteiger charge is -2.26. The van der Waals surface area contributed by atoms with Gasteiger partial charge < -0.3 is 10.2 Å². The Kier molecular flexibility index (Phi) is 3.40. The molecule has 0 unspecified atom stereocenters. The minimum Gasteiger partial charge on any atom is -0.329 e. The van der Waals surface area contributed by atoms with Gasteiger partial charge in [-0.05, 0) is 31.0 Å². The number of rotatable bonds is 2. The van der Waals surface area contributed by atoms with Gasteiger partial charge in [0.05, 0.1) is 5.69 Å². The van der Waals surface area contributed by atoms with E-state index in [1.54, 1.807) is 6.33 Å². The van der Waals surface area contributed by atoms with Crippen LogP contribution in [0.2, 0.25) is 0 Å². The monoisotopic (exact) mass is 268 g/mol. The van der Waals surface area contributed by atoms with Crippen LogP contribution in [-0.4, -0.2) is 23.6 Å². The quantitative estimate of drug-likeness (QED) is 0.908. The molecule has 1 aliphatic heterocycles. The van der Waals surface area contributed by atoms with E-state index in [0.717, 1.165) is 25.3 Å². The van der Waals surface area contributed by atoms with E-state index in [1.807, 2.05) is 0 Å². The third-order valence-electron chi connectivity index (χ3n) is 3.90. The number of nitrogens with zero attached hydrogens (tertiary/aromatic N) is 3. The Bertz CT molecular complexity index is 636. The molecule has 0 saturated heterocycles. The van der Waals surface area contributed by atoms with Gasteiger partial charge in [0.15, 0.2) is 0 Å². The highest BCUT2D eigenvalue weighted by molar-refractivity contribution is 5.66. The molecule has 104 valence electrons. The summed E-state index contributed by atoms with van der Waals surface area (Å²) in [4.78, 5) is 11.1. The summed E-state index contributed by atoms with van der Waals surface area (Å²) in [5.74, 6) is 1.01. The van der Waals surface area contributed by atoms with Gasteiger partial charge in [0.25, 0.3) is 0 Å². The van der Waals surface area contributed by atoms with Crippen molar-refractivity contribution in [3.8, 4) is 0 Å². The van der Waals surface area contributed by atoms with Gasteiger partial charge in [-0.15, -0.1) is 0 Å². The molecule has 3 rings (SSSR count). The molecular formula is C16H20N4. The van der Waals surface area contributed by atoms with Crippen molar-refractivity contribution < 1.29 is 0 Å². The van der Waals surface area contributed by atoms with Crippen LogP contribution in [-0.2, 0) is 13.0 Å². The van der Waals surface area contributed by atoms with Crippen LogP contribution in [0.4, 0.5) is 11.5 Å². The van der Waals surface area contributed by atoms with E-state index in [9.17, 15) is 0 Å². The van der Waals surface area contributed by atoms with E-state index in [4.69, 9.17) is 0 Å². The average Bonchev–Trinajstić information content (AvgIpc) is 2.48. The molecule has 0 atom stereocenters. The van der Waals surface area contributed by atoms with Gasteiger partial charge in [-0.3, -0.25) is 0 Å². The zero-order valence-electron chi connectivity index (χ0n) is 12.3. The lowest BCUT2D eigenvalue weighted by molar-refractivity contribution is 0.625. The summed E-state index contributed by atoms with van der Waals surface area (Å²) in [6, 6.07) is 6.51. The molecular weight excluding hydrogens is 248 g/mol. The first kappa shape index (κ1) is 13.1. The summed E-state index contributed by atoms with van der Waals surface area (Å²) in [5.41, 5.74) is 6.12. The zero-order chi connectivity index (χ0) is 14.1. The van der Waals surface area contributed by atoms with Gasteiger partial charge in [-0.1, -0.05) is 12.1 Å². The Labute approximate surface area is 119 Å². The second-order valence-corrected chi connectivity index (χ2v) is 5.40. The molecule has 0 bridgehead atoms. The van der Waals surface area contributed by atoms with Gasteiger partial charge in [0.2, 0.25) is 0 Å². The average molecular weight is 268 g/mol. The smallest absolute Gasteiger partial charge is 0.140 e. The third kappa shape index (κ3) is 2.27. The van der Waals surface area contributed by atoms with E-state index >= 15 is 0 Å². The second kappa shape index (κ2) is 5.21. The minimum atomic E-state index is 0.848. The number of nitrogens with one attached hydrogen (secondary N) is 1. The summed E-state index contributed by atoms with van der Waals surface area (Å²) < 4.78 is 0. The molecule has 0 fully saturated rings. The summed E-state index contributed by atoms with van der Waals surface area (Å²) in [5, 5.41) is 3.41. The Hall–Kier alpha value is -1.94. The predicted octanol–water partition coefficient (Wildman–Crippen LogP) is 2.51. The van der Waals surface area contributed by atoms with Crippen LogP contribution in [0.15, 0.2) is 24.5 Å². The molecule has 20 heavy (non-hydrogen) atoms. The van der Waals surface area contributed by atoms with Crippen molar-refractivity contribution in [3.63, 3.8) is 0 Å². The highest BCUT2D eigenvalue weighted by atomic mass is 15.2. The molecule has 0 amide bonds. The normalized spacial score (nSPS) is 13.9. The molecule has 1 aliphatic rings. The van der Waals surface area contributed by atoms with Crippen molar-refractivity contribution in [1.29, 1.82) is 0 Å². The van der Waals surface area contributed by atoms with Gasteiger partial charge in [-0.2, -0.15) is 0 Å². The maximum atomic E-state index is 4.51. The fourth-order valence-corrected chi connectivity index (χ4v) is 2.74. The predicted molar refractivity (Wildman–Crippen MR) is 81.4 cm³/mol. The minimum absolute atomic E-state index is 0.848. The molecule has 4 nitrogen and oxygen atoms in total. The summed E-state index contributed by atoms with van der Waals surface area (Å²) in [6.45, 7) is 6.10. The van der Waals surface area contributed by atoms with Crippen molar-refractivity contribution in [2.45, 2.75) is 26.8 Å². The van der Waals surface area contributed by atoms with Crippen LogP contribution in [0.3, 0.4) is 0 Å². The maximum absolute atomic E-state index is 4.51. The van der Waals surface area contributed by atoms with Crippen molar-refractivity contribution in [2.75, 3.05) is 18.5 Å². The van der Waals surface area contributed by atoms with Gasteiger partial charge in [0.1, 0.15) is 12.1 Å². The Morgan fingerprint density at radius 3 is 2.90 bits per heavy atom. The topological polar surface area (TPSA) is 41.1 Å². The van der Waals surface area contributed by atoms with Gasteiger partial charge in [-0.25, -0.2) is 9.97 Å². The van der Waals surface area contributed by atoms with Crippen LogP contribution in [0.1, 0.15) is 22.4 Å². The number of hydrogen-bond acceptors (Lipinski definition) is 4. The van der Waals surface area contributed by atoms with Crippen molar-refractivity contribution in [2.24, 2.45) is 0 Å². The fourth-order valence-electron chi connectivity index (χ4n) is 2.74. The van der Waals surface area contributed by atoms with E-state index in [-0.39, 0.29) is 0 Å². The Morgan fingerprint density at radius 2 is 2.05 bits per heavy atom. The standard InChI is InChI=1S/C16H20N4/c1-11-4-5-12(2)15(8-11)20(3)16-13-9-17-7-6-14(13)18-10-19-16/h4-5,8,10,17H,6-7,9H2,1-3H3. The number of anilines is 2. The number of hydrogen-bond donors (Lipinski definition) is 1. The van der Waals surface area contributed by atoms with Crippen molar-refractivity contribution in [3.05, 3.63) is 46.9 Å². The molecule has 0 spiro atoms. The Morgan fingerprint density at radius 1 is 1.20 bits per heavy atom. The number of fused-ring (bicyclic) bond motifs is 1. The second-order valence-electron chi connectivity index (χ2n) is 5.40. The number of benzene rings is 1. The molecule has 4 heteroatoms. The molecule has 0 saturated carbocycles. The largest absolute Gasteiger partial charge is 0.329 e. The van der Waals surface area contributed by atoms with Gasteiger partial charge in [0, 0.05) is 37.8 Å². The van der Waals surface area contributed by atoms with E-state index in [1.165, 1.54) is 28.1 Å². The molecule has 1 N–H and O–H groups in total. The molecule has 0 radical (unpaired) electrons. The summed E-state index contributed by atoms with van der Waals surface area (Å²) >= 11 is 0. The summed E-state index contributed by atoms with van der Waals surface area (Å²) in [6.07, 6.45) is 2.66. The molecule has 1 aromatic carbocycles. The lowest BCUT2D eigenvalue weighted by atomic mass is 10.1. The van der Waals surface area contributed by atoms with Crippen LogP contribution in [0.25, 0.3) is 0 Å². The first-order valence-electron chi connectivity index (χ1n) is 7.01. The van der Waals surface area contributed by atoms with Crippen LogP contribution >= 0.6 is 0 Å². The fraction of sp³-hybridized carbons (Fsp3) is 0.375. The van der Waals surface area contributed by atoms with Crippen LogP contribution < -0.4 is 10.2 Å². The van der Waals surface area contributed by atoms with E-state index in [2.05, 4.69) is 59.3 Å². The first-order chi connectivity index (χ1) is 9.66. The number of aryl methyl sites for hydroxylation is 2. The molecule has 2 aromatic rings. The molecule has 2 heterocycles. The van der Waals surface area contributed by atoms with E-state index < -0.39 is 0 Å². The van der Waals surface area contributed by atoms with Crippen molar-refractivity contribution in [1.82, 2.24) is 15.3 Å². The molecule has 0 aliphatic carbocycles. The lowest BCUT2D eigenvalue weighted by Crippen LogP contribution is -2.27. The molecule has 1 aromatic heterocycles. The Balaban J connectivity index is 2.06. The van der Waals surface area contributed by atoms with Crippen LogP contribution in [0, 0.1) is 13.8 Å².